The van der Waals surface area contributed by atoms with Gasteiger partial charge in [-0.05, 0) is 48.0 Å². The van der Waals surface area contributed by atoms with Gasteiger partial charge in [-0.2, -0.15) is 0 Å². The second-order valence-electron chi connectivity index (χ2n) is 7.79. The number of benzene rings is 2. The molecular formula is C25H22ClN7O4. The summed E-state index contributed by atoms with van der Waals surface area (Å²) in [5, 5.41) is 13.8. The number of hydrogen-bond donors (Lipinski definition) is 3. The topological polar surface area (TPSA) is 154 Å². The van der Waals surface area contributed by atoms with E-state index >= 15 is 0 Å². The average molecular weight is 520 g/mol. The fourth-order valence-electron chi connectivity index (χ4n) is 3.20. The lowest BCUT2D eigenvalue weighted by atomic mass is 10.2. The van der Waals surface area contributed by atoms with Crippen LogP contribution in [0.1, 0.15) is 29.4 Å². The third kappa shape index (κ3) is 6.47. The zero-order valence-corrected chi connectivity index (χ0v) is 20.4. The predicted octanol–water partition coefficient (Wildman–Crippen LogP) is 3.72. The number of primary amides is 1. The van der Waals surface area contributed by atoms with Gasteiger partial charge in [-0.1, -0.05) is 30.7 Å². The Kier molecular flexibility index (Phi) is 7.74. The van der Waals surface area contributed by atoms with E-state index in [2.05, 4.69) is 25.8 Å². The molecule has 4 N–H and O–H groups in total. The molecule has 2 aromatic carbocycles. The Hall–Kier alpha value is -4.77. The number of rotatable bonds is 9. The maximum atomic E-state index is 13.2. The van der Waals surface area contributed by atoms with E-state index in [4.69, 9.17) is 22.1 Å². The highest BCUT2D eigenvalue weighted by molar-refractivity contribution is 6.30. The molecule has 0 spiro atoms. The van der Waals surface area contributed by atoms with E-state index in [1.807, 2.05) is 0 Å². The van der Waals surface area contributed by atoms with Crippen molar-refractivity contribution in [2.45, 2.75) is 19.9 Å². The molecular weight excluding hydrogens is 498 g/mol. The number of hydrogen-bond acceptors (Lipinski definition) is 8. The number of halogens is 1. The molecule has 0 aliphatic rings. The first kappa shape index (κ1) is 25.3. The molecule has 4 rings (SSSR count). The molecule has 188 valence electrons. The lowest BCUT2D eigenvalue weighted by Crippen LogP contribution is -2.28. The Labute approximate surface area is 216 Å². The van der Waals surface area contributed by atoms with E-state index in [0.717, 1.165) is 5.56 Å². The first-order valence-electron chi connectivity index (χ1n) is 11.1. The van der Waals surface area contributed by atoms with Gasteiger partial charge >= 0.3 is 0 Å². The van der Waals surface area contributed by atoms with Crippen LogP contribution in [-0.2, 0) is 11.3 Å². The van der Waals surface area contributed by atoms with Gasteiger partial charge in [0.25, 0.3) is 11.5 Å². The predicted molar refractivity (Wildman–Crippen MR) is 138 cm³/mol. The Morgan fingerprint density at radius 1 is 1.03 bits per heavy atom. The third-order valence-corrected chi connectivity index (χ3v) is 5.37. The normalized spacial score (nSPS) is 10.5. The van der Waals surface area contributed by atoms with Crippen LogP contribution in [0.5, 0.6) is 11.6 Å². The van der Waals surface area contributed by atoms with Gasteiger partial charge in [0.15, 0.2) is 5.69 Å². The highest BCUT2D eigenvalue weighted by Gasteiger charge is 2.14. The van der Waals surface area contributed by atoms with Crippen LogP contribution in [0.25, 0.3) is 0 Å². The summed E-state index contributed by atoms with van der Waals surface area (Å²) in [5.74, 6) is -0.0404. The van der Waals surface area contributed by atoms with E-state index in [9.17, 15) is 14.4 Å². The monoisotopic (exact) mass is 519 g/mol. The number of aromatic nitrogens is 4. The Bertz CT molecular complexity index is 1470. The quantitative estimate of drug-likeness (QED) is 0.302. The molecule has 0 aliphatic carbocycles. The molecule has 2 heterocycles. The molecule has 37 heavy (non-hydrogen) atoms. The molecule has 11 nitrogen and oxygen atoms in total. The summed E-state index contributed by atoms with van der Waals surface area (Å²) in [6, 6.07) is 16.8. The van der Waals surface area contributed by atoms with Gasteiger partial charge in [0.2, 0.25) is 17.7 Å². The van der Waals surface area contributed by atoms with Crippen molar-refractivity contribution in [3.63, 3.8) is 0 Å². The molecule has 0 fully saturated rings. The van der Waals surface area contributed by atoms with Crippen molar-refractivity contribution in [1.29, 1.82) is 0 Å². The van der Waals surface area contributed by atoms with Gasteiger partial charge in [0.1, 0.15) is 11.4 Å². The number of nitrogens with one attached hydrogen (secondary N) is 2. The van der Waals surface area contributed by atoms with Crippen LogP contribution in [0, 0.1) is 0 Å². The number of carbonyl (C=O) groups is 2. The van der Waals surface area contributed by atoms with E-state index < -0.39 is 11.5 Å². The zero-order valence-electron chi connectivity index (χ0n) is 19.6. The largest absolute Gasteiger partial charge is 0.438 e. The molecule has 0 saturated heterocycles. The summed E-state index contributed by atoms with van der Waals surface area (Å²) >= 11 is 5.99. The number of nitrogens with two attached hydrogens (primary N) is 1. The SMILES string of the molecule is CCC(=O)Nc1cnc(Nc2ccc(Oc3ccc(C(N)=O)nn3)cc2)n(Cc2ccc(Cl)cc2)c1=O. The molecule has 0 unspecified atom stereocenters. The highest BCUT2D eigenvalue weighted by atomic mass is 35.5. The van der Waals surface area contributed by atoms with E-state index in [0.29, 0.717) is 16.5 Å². The minimum atomic E-state index is -0.682. The zero-order chi connectivity index (χ0) is 26.4. The summed E-state index contributed by atoms with van der Waals surface area (Å²) < 4.78 is 7.06. The van der Waals surface area contributed by atoms with E-state index in [1.165, 1.54) is 22.9 Å². The average Bonchev–Trinajstić information content (AvgIpc) is 2.90. The van der Waals surface area contributed by atoms with Crippen LogP contribution in [0.2, 0.25) is 5.02 Å². The number of carbonyl (C=O) groups excluding carboxylic acids is 2. The Balaban J connectivity index is 1.56. The number of amides is 2. The smallest absolute Gasteiger partial charge is 0.279 e. The van der Waals surface area contributed by atoms with Gasteiger partial charge in [-0.3, -0.25) is 19.0 Å². The lowest BCUT2D eigenvalue weighted by Gasteiger charge is -2.16. The fraction of sp³-hybridized carbons (Fsp3) is 0.120. The van der Waals surface area contributed by atoms with Gasteiger partial charge in [-0.15, -0.1) is 10.2 Å². The van der Waals surface area contributed by atoms with Crippen molar-refractivity contribution >= 4 is 40.7 Å². The maximum Gasteiger partial charge on any atom is 0.279 e. The van der Waals surface area contributed by atoms with Crippen molar-refractivity contribution < 1.29 is 14.3 Å². The van der Waals surface area contributed by atoms with Gasteiger partial charge in [0, 0.05) is 23.2 Å². The molecule has 0 bridgehead atoms. The van der Waals surface area contributed by atoms with Crippen molar-refractivity contribution in [2.75, 3.05) is 10.6 Å². The van der Waals surface area contributed by atoms with Crippen LogP contribution < -0.4 is 26.7 Å². The Morgan fingerprint density at radius 3 is 2.38 bits per heavy atom. The van der Waals surface area contributed by atoms with Crippen LogP contribution in [0.4, 0.5) is 17.3 Å². The summed E-state index contributed by atoms with van der Waals surface area (Å²) in [4.78, 5) is 40.6. The first-order valence-corrected chi connectivity index (χ1v) is 11.5. The van der Waals surface area contributed by atoms with Gasteiger partial charge < -0.3 is 21.1 Å². The Morgan fingerprint density at radius 2 is 1.76 bits per heavy atom. The first-order chi connectivity index (χ1) is 17.8. The summed E-state index contributed by atoms with van der Waals surface area (Å²) in [6.07, 6.45) is 1.55. The fourth-order valence-corrected chi connectivity index (χ4v) is 3.32. The van der Waals surface area contributed by atoms with Crippen molar-refractivity contribution in [3.05, 3.63) is 93.5 Å². The maximum absolute atomic E-state index is 13.2. The number of nitrogens with zero attached hydrogens (tertiary/aromatic N) is 4. The summed E-state index contributed by atoms with van der Waals surface area (Å²) in [6.45, 7) is 1.89. The van der Waals surface area contributed by atoms with E-state index in [-0.39, 0.29) is 42.1 Å². The molecule has 0 saturated carbocycles. The molecule has 0 atom stereocenters. The van der Waals surface area contributed by atoms with Crippen LogP contribution in [-0.4, -0.2) is 31.6 Å². The lowest BCUT2D eigenvalue weighted by molar-refractivity contribution is -0.115. The third-order valence-electron chi connectivity index (χ3n) is 5.12. The standard InChI is InChI=1S/C25H22ClN7O4/c1-2-21(34)30-20-13-28-25(33(24(20)36)14-15-3-5-16(26)6-4-15)29-17-7-9-18(10-8-17)37-22-12-11-19(23(27)35)31-32-22/h3-13H,2,14H2,1H3,(H2,27,35)(H,28,29)(H,30,34). The second kappa shape index (κ2) is 11.3. The van der Waals surface area contributed by atoms with Crippen molar-refractivity contribution in [2.24, 2.45) is 5.73 Å². The minimum Gasteiger partial charge on any atom is -0.438 e. The highest BCUT2D eigenvalue weighted by Crippen LogP contribution is 2.23. The minimum absolute atomic E-state index is 0.0318. The van der Waals surface area contributed by atoms with E-state index in [1.54, 1.807) is 55.5 Å². The number of ether oxygens (including phenoxy) is 1. The summed E-state index contributed by atoms with van der Waals surface area (Å²) in [5.41, 5.74) is 6.32. The molecule has 4 aromatic rings. The molecule has 2 amide bonds. The van der Waals surface area contributed by atoms with Gasteiger partial charge in [0.05, 0.1) is 12.7 Å². The van der Waals surface area contributed by atoms with Crippen LogP contribution in [0.3, 0.4) is 0 Å². The number of anilines is 3. The van der Waals surface area contributed by atoms with Crippen LogP contribution >= 0.6 is 11.6 Å². The summed E-state index contributed by atoms with van der Waals surface area (Å²) in [7, 11) is 0. The molecule has 12 heteroatoms. The van der Waals surface area contributed by atoms with Gasteiger partial charge in [-0.25, -0.2) is 4.98 Å². The van der Waals surface area contributed by atoms with Crippen molar-refractivity contribution in [3.8, 4) is 11.6 Å². The second-order valence-corrected chi connectivity index (χ2v) is 8.22. The molecule has 0 radical (unpaired) electrons. The molecule has 2 aromatic heterocycles. The van der Waals surface area contributed by atoms with Crippen molar-refractivity contribution in [1.82, 2.24) is 19.7 Å². The molecule has 0 aliphatic heterocycles. The van der Waals surface area contributed by atoms with Crippen LogP contribution in [0.15, 0.2) is 71.7 Å².